The standard InChI is InChI=1S/C21H24N6O3S/c28-20(16-5-3-7-18(13-16)26-11-1-2-12-31(26,29)30)25-10-4-6-17(14-25)19-8-9-22-21-23-15-24-27(19)21/h3,5,7-9,13,15,17H,1-2,4,6,10-12,14H2. The zero-order valence-corrected chi connectivity index (χ0v) is 17.9. The Morgan fingerprint density at radius 2 is 1.97 bits per heavy atom. The van der Waals surface area contributed by atoms with Crippen LogP contribution < -0.4 is 4.31 Å². The highest BCUT2D eigenvalue weighted by Crippen LogP contribution is 2.29. The summed E-state index contributed by atoms with van der Waals surface area (Å²) in [5, 5.41) is 4.28. The van der Waals surface area contributed by atoms with Crippen molar-refractivity contribution in [3.63, 3.8) is 0 Å². The fourth-order valence-corrected chi connectivity index (χ4v) is 6.16. The number of likely N-dealkylation sites (tertiary alicyclic amines) is 1. The van der Waals surface area contributed by atoms with Gasteiger partial charge in [0.2, 0.25) is 10.0 Å². The molecule has 2 aliphatic rings. The van der Waals surface area contributed by atoms with E-state index in [0.29, 0.717) is 43.1 Å². The summed E-state index contributed by atoms with van der Waals surface area (Å²) in [6.45, 7) is 1.71. The molecule has 1 unspecified atom stereocenters. The summed E-state index contributed by atoms with van der Waals surface area (Å²) in [6, 6.07) is 8.92. The Labute approximate surface area is 180 Å². The van der Waals surface area contributed by atoms with Crippen molar-refractivity contribution in [2.75, 3.05) is 29.7 Å². The Morgan fingerprint density at radius 1 is 1.06 bits per heavy atom. The molecule has 0 aliphatic carbocycles. The van der Waals surface area contributed by atoms with Crippen LogP contribution in [0.2, 0.25) is 0 Å². The minimum absolute atomic E-state index is 0.0788. The second-order valence-electron chi connectivity index (χ2n) is 8.08. The molecule has 1 aromatic carbocycles. The second-order valence-corrected chi connectivity index (χ2v) is 10.1. The number of amides is 1. The number of rotatable bonds is 3. The Bertz CT molecular complexity index is 1220. The first-order valence-corrected chi connectivity index (χ1v) is 12.2. The highest BCUT2D eigenvalue weighted by Gasteiger charge is 2.29. The molecule has 4 heterocycles. The molecular formula is C21H24N6O3S. The number of carbonyl (C=O) groups excluding carboxylic acids is 1. The number of nitrogens with zero attached hydrogens (tertiary/aromatic N) is 6. The van der Waals surface area contributed by atoms with Crippen molar-refractivity contribution in [1.29, 1.82) is 0 Å². The van der Waals surface area contributed by atoms with E-state index in [1.165, 1.54) is 10.6 Å². The average molecular weight is 441 g/mol. The van der Waals surface area contributed by atoms with Crippen molar-refractivity contribution >= 4 is 27.4 Å². The van der Waals surface area contributed by atoms with Crippen LogP contribution in [-0.4, -0.2) is 64.2 Å². The van der Waals surface area contributed by atoms with Gasteiger partial charge in [0.25, 0.3) is 11.7 Å². The lowest BCUT2D eigenvalue weighted by atomic mass is 9.94. The van der Waals surface area contributed by atoms with Crippen LogP contribution in [0, 0.1) is 0 Å². The van der Waals surface area contributed by atoms with Gasteiger partial charge < -0.3 is 4.90 Å². The number of hydrogen-bond acceptors (Lipinski definition) is 6. The van der Waals surface area contributed by atoms with Gasteiger partial charge >= 0.3 is 0 Å². The predicted octanol–water partition coefficient (Wildman–Crippen LogP) is 2.07. The molecule has 2 saturated heterocycles. The Morgan fingerprint density at radius 3 is 2.84 bits per heavy atom. The first-order valence-electron chi connectivity index (χ1n) is 10.6. The van der Waals surface area contributed by atoms with Gasteiger partial charge in [-0.15, -0.1) is 0 Å². The van der Waals surface area contributed by atoms with Crippen molar-refractivity contribution in [3.05, 3.63) is 54.1 Å². The summed E-state index contributed by atoms with van der Waals surface area (Å²) >= 11 is 0. The van der Waals surface area contributed by atoms with E-state index in [0.717, 1.165) is 25.0 Å². The minimum atomic E-state index is -3.32. The molecule has 162 valence electrons. The lowest BCUT2D eigenvalue weighted by Gasteiger charge is -2.33. The fraction of sp³-hybridized carbons (Fsp3) is 0.429. The molecule has 3 aromatic rings. The monoisotopic (exact) mass is 440 g/mol. The molecule has 2 fully saturated rings. The van der Waals surface area contributed by atoms with E-state index in [4.69, 9.17) is 0 Å². The van der Waals surface area contributed by atoms with E-state index in [-0.39, 0.29) is 17.6 Å². The summed E-state index contributed by atoms with van der Waals surface area (Å²) in [6.07, 6.45) is 6.55. The van der Waals surface area contributed by atoms with Crippen molar-refractivity contribution in [2.45, 2.75) is 31.6 Å². The van der Waals surface area contributed by atoms with Crippen LogP contribution in [0.15, 0.2) is 42.9 Å². The summed E-state index contributed by atoms with van der Waals surface area (Å²) in [4.78, 5) is 23.5. The molecule has 0 N–H and O–H groups in total. The largest absolute Gasteiger partial charge is 0.338 e. The van der Waals surface area contributed by atoms with Crippen LogP contribution in [0.5, 0.6) is 0 Å². The van der Waals surface area contributed by atoms with Gasteiger partial charge in [0, 0.05) is 37.3 Å². The van der Waals surface area contributed by atoms with Gasteiger partial charge in [-0.1, -0.05) is 6.07 Å². The van der Waals surface area contributed by atoms with Gasteiger partial charge in [0.05, 0.1) is 17.1 Å². The average Bonchev–Trinajstić information content (AvgIpc) is 3.27. The molecule has 1 atom stereocenters. The van der Waals surface area contributed by atoms with Gasteiger partial charge in [-0.25, -0.2) is 17.9 Å². The van der Waals surface area contributed by atoms with Gasteiger partial charge in [-0.05, 0) is 49.9 Å². The van der Waals surface area contributed by atoms with Crippen molar-refractivity contribution in [2.24, 2.45) is 0 Å². The molecule has 0 saturated carbocycles. The Balaban J connectivity index is 1.38. The summed E-state index contributed by atoms with van der Waals surface area (Å²) in [5.41, 5.74) is 2.07. The first-order chi connectivity index (χ1) is 15.0. The van der Waals surface area contributed by atoms with E-state index in [1.54, 1.807) is 35.0 Å². The molecule has 10 heteroatoms. The van der Waals surface area contributed by atoms with Crippen molar-refractivity contribution < 1.29 is 13.2 Å². The van der Waals surface area contributed by atoms with Crippen LogP contribution in [0.3, 0.4) is 0 Å². The maximum absolute atomic E-state index is 13.3. The maximum atomic E-state index is 13.3. The molecule has 31 heavy (non-hydrogen) atoms. The van der Waals surface area contributed by atoms with E-state index in [2.05, 4.69) is 15.1 Å². The van der Waals surface area contributed by atoms with Gasteiger partial charge in [0.15, 0.2) is 0 Å². The normalized spacial score (nSPS) is 21.4. The lowest BCUT2D eigenvalue weighted by molar-refractivity contribution is 0.0705. The van der Waals surface area contributed by atoms with Crippen LogP contribution in [0.1, 0.15) is 47.7 Å². The SMILES string of the molecule is O=C(c1cccc(N2CCCCS2(=O)=O)c1)N1CCCC(c2ccnc3ncnn23)C1. The van der Waals surface area contributed by atoms with Gasteiger partial charge in [-0.3, -0.25) is 9.10 Å². The zero-order chi connectivity index (χ0) is 21.4. The number of aromatic nitrogens is 4. The number of hydrogen-bond donors (Lipinski definition) is 0. The molecule has 0 spiro atoms. The van der Waals surface area contributed by atoms with Crippen LogP contribution in [0.25, 0.3) is 5.78 Å². The third-order valence-corrected chi connectivity index (χ3v) is 7.94. The summed E-state index contributed by atoms with van der Waals surface area (Å²) < 4.78 is 28.1. The molecule has 1 amide bonds. The van der Waals surface area contributed by atoms with E-state index in [1.807, 2.05) is 11.0 Å². The third-order valence-electron chi connectivity index (χ3n) is 6.07. The number of piperidine rings is 1. The van der Waals surface area contributed by atoms with E-state index >= 15 is 0 Å². The quantitative estimate of drug-likeness (QED) is 0.618. The van der Waals surface area contributed by atoms with Gasteiger partial charge in [0.1, 0.15) is 6.33 Å². The molecule has 2 aliphatic heterocycles. The Hall–Kier alpha value is -3.01. The Kier molecular flexibility index (Phi) is 5.09. The predicted molar refractivity (Wildman–Crippen MR) is 115 cm³/mol. The maximum Gasteiger partial charge on any atom is 0.253 e. The number of fused-ring (bicyclic) bond motifs is 1. The van der Waals surface area contributed by atoms with Crippen LogP contribution in [0.4, 0.5) is 5.69 Å². The molecule has 0 bridgehead atoms. The molecule has 2 aromatic heterocycles. The van der Waals surface area contributed by atoms with Crippen LogP contribution in [-0.2, 0) is 10.0 Å². The number of carbonyl (C=O) groups is 1. The van der Waals surface area contributed by atoms with Crippen LogP contribution >= 0.6 is 0 Å². The first kappa shape index (κ1) is 19.9. The van der Waals surface area contributed by atoms with Crippen molar-refractivity contribution in [3.8, 4) is 0 Å². The molecule has 5 rings (SSSR count). The van der Waals surface area contributed by atoms with E-state index < -0.39 is 10.0 Å². The third kappa shape index (κ3) is 3.76. The lowest BCUT2D eigenvalue weighted by Crippen LogP contribution is -2.40. The van der Waals surface area contributed by atoms with Gasteiger partial charge in [-0.2, -0.15) is 10.1 Å². The number of anilines is 1. The smallest absolute Gasteiger partial charge is 0.253 e. The van der Waals surface area contributed by atoms with Crippen molar-refractivity contribution in [1.82, 2.24) is 24.5 Å². The fourth-order valence-electron chi connectivity index (χ4n) is 4.52. The summed E-state index contributed by atoms with van der Waals surface area (Å²) in [7, 11) is -3.32. The highest BCUT2D eigenvalue weighted by atomic mass is 32.2. The second kappa shape index (κ2) is 7.92. The highest BCUT2D eigenvalue weighted by molar-refractivity contribution is 7.92. The molecule has 0 radical (unpaired) electrons. The molecule has 9 nitrogen and oxygen atoms in total. The summed E-state index contributed by atoms with van der Waals surface area (Å²) in [5.74, 6) is 0.763. The topological polar surface area (TPSA) is 101 Å². The van der Waals surface area contributed by atoms with E-state index in [9.17, 15) is 13.2 Å². The zero-order valence-electron chi connectivity index (χ0n) is 17.1. The molecular weight excluding hydrogens is 416 g/mol. The minimum Gasteiger partial charge on any atom is -0.338 e. The number of benzene rings is 1. The number of sulfonamides is 1.